The largest absolute Gasteiger partial charge is 0.343 e. The number of aromatic nitrogens is 2. The van der Waals surface area contributed by atoms with Crippen molar-refractivity contribution in [3.63, 3.8) is 0 Å². The standard InChI is InChI=1S/C14H21N3OS/c1-2-3-12(18)17-8-6-11(7-9-17)14-16-15-13(19-14)10-4-5-10/h10-11H,2-9H2,1H3. The van der Waals surface area contributed by atoms with Crippen LogP contribution in [0.3, 0.4) is 0 Å². The van der Waals surface area contributed by atoms with Crippen LogP contribution in [0.1, 0.15) is 67.3 Å². The Labute approximate surface area is 118 Å². The first-order valence-corrected chi connectivity index (χ1v) is 8.20. The molecular weight excluding hydrogens is 258 g/mol. The van der Waals surface area contributed by atoms with Crippen molar-refractivity contribution in [1.29, 1.82) is 0 Å². The van der Waals surface area contributed by atoms with Gasteiger partial charge in [-0.3, -0.25) is 4.79 Å². The topological polar surface area (TPSA) is 46.1 Å². The molecule has 2 heterocycles. The van der Waals surface area contributed by atoms with Gasteiger partial charge in [0.1, 0.15) is 10.0 Å². The van der Waals surface area contributed by atoms with Gasteiger partial charge in [0.15, 0.2) is 0 Å². The average Bonchev–Trinajstić information content (AvgIpc) is 3.17. The maximum Gasteiger partial charge on any atom is 0.222 e. The van der Waals surface area contributed by atoms with Crippen LogP contribution in [-0.4, -0.2) is 34.1 Å². The summed E-state index contributed by atoms with van der Waals surface area (Å²) >= 11 is 1.80. The van der Waals surface area contributed by atoms with Gasteiger partial charge in [-0.15, -0.1) is 21.5 Å². The molecule has 104 valence electrons. The predicted molar refractivity (Wildman–Crippen MR) is 75.3 cm³/mol. The summed E-state index contributed by atoms with van der Waals surface area (Å²) in [4.78, 5) is 13.9. The molecule has 0 aromatic carbocycles. The van der Waals surface area contributed by atoms with Crippen molar-refractivity contribution in [3.8, 4) is 0 Å². The molecule has 19 heavy (non-hydrogen) atoms. The lowest BCUT2D eigenvalue weighted by Crippen LogP contribution is -2.37. The molecule has 1 aromatic heterocycles. The highest BCUT2D eigenvalue weighted by Gasteiger charge is 2.30. The number of likely N-dealkylation sites (tertiary alicyclic amines) is 1. The van der Waals surface area contributed by atoms with Gasteiger partial charge in [0.2, 0.25) is 5.91 Å². The molecule has 4 nitrogen and oxygen atoms in total. The fourth-order valence-corrected chi connectivity index (χ4v) is 3.84. The van der Waals surface area contributed by atoms with Crippen molar-refractivity contribution in [2.75, 3.05) is 13.1 Å². The number of hydrogen-bond donors (Lipinski definition) is 0. The van der Waals surface area contributed by atoms with Gasteiger partial charge in [-0.05, 0) is 32.1 Å². The molecule has 1 aliphatic heterocycles. The lowest BCUT2D eigenvalue weighted by molar-refractivity contribution is -0.132. The van der Waals surface area contributed by atoms with Crippen LogP contribution in [0.2, 0.25) is 0 Å². The third-order valence-corrected chi connectivity index (χ3v) is 5.29. The van der Waals surface area contributed by atoms with Gasteiger partial charge in [0.25, 0.3) is 0 Å². The summed E-state index contributed by atoms with van der Waals surface area (Å²) in [6, 6.07) is 0. The number of piperidine rings is 1. The highest BCUT2D eigenvalue weighted by molar-refractivity contribution is 7.11. The first-order valence-electron chi connectivity index (χ1n) is 7.39. The Morgan fingerprint density at radius 2 is 1.74 bits per heavy atom. The average molecular weight is 279 g/mol. The van der Waals surface area contributed by atoms with E-state index in [0.717, 1.165) is 32.4 Å². The summed E-state index contributed by atoms with van der Waals surface area (Å²) < 4.78 is 0. The van der Waals surface area contributed by atoms with E-state index in [4.69, 9.17) is 0 Å². The van der Waals surface area contributed by atoms with E-state index in [1.54, 1.807) is 11.3 Å². The fourth-order valence-electron chi connectivity index (χ4n) is 2.65. The Bertz CT molecular complexity index is 447. The maximum atomic E-state index is 11.8. The Balaban J connectivity index is 1.55. The van der Waals surface area contributed by atoms with Crippen molar-refractivity contribution in [1.82, 2.24) is 15.1 Å². The third-order valence-electron chi connectivity index (χ3n) is 4.04. The fraction of sp³-hybridized carbons (Fsp3) is 0.786. The molecule has 3 rings (SSSR count). The van der Waals surface area contributed by atoms with Gasteiger partial charge in [-0.2, -0.15) is 0 Å². The van der Waals surface area contributed by atoms with Crippen LogP contribution in [-0.2, 0) is 4.79 Å². The SMILES string of the molecule is CCCC(=O)N1CCC(c2nnc(C3CC3)s2)CC1. The highest BCUT2D eigenvalue weighted by atomic mass is 32.1. The van der Waals surface area contributed by atoms with E-state index in [1.807, 2.05) is 4.90 Å². The zero-order chi connectivity index (χ0) is 13.2. The molecule has 0 bridgehead atoms. The molecule has 0 unspecified atom stereocenters. The summed E-state index contributed by atoms with van der Waals surface area (Å²) in [7, 11) is 0. The molecule has 0 radical (unpaired) electrons. The van der Waals surface area contributed by atoms with Gasteiger partial charge in [0, 0.05) is 31.3 Å². The quantitative estimate of drug-likeness (QED) is 0.851. The van der Waals surface area contributed by atoms with Crippen LogP contribution in [0.15, 0.2) is 0 Å². The molecule has 1 aliphatic carbocycles. The number of carbonyl (C=O) groups is 1. The molecule has 2 aliphatic rings. The number of amides is 1. The molecule has 1 saturated heterocycles. The number of rotatable bonds is 4. The van der Waals surface area contributed by atoms with Gasteiger partial charge in [-0.25, -0.2) is 0 Å². The number of nitrogens with zero attached hydrogens (tertiary/aromatic N) is 3. The molecule has 1 amide bonds. The van der Waals surface area contributed by atoms with Gasteiger partial charge in [0.05, 0.1) is 0 Å². The van der Waals surface area contributed by atoms with E-state index in [1.165, 1.54) is 22.9 Å². The van der Waals surface area contributed by atoms with Crippen molar-refractivity contribution in [3.05, 3.63) is 10.0 Å². The molecular formula is C14H21N3OS. The zero-order valence-electron chi connectivity index (χ0n) is 11.5. The second-order valence-electron chi connectivity index (χ2n) is 5.66. The molecule has 2 fully saturated rings. The van der Waals surface area contributed by atoms with Gasteiger partial charge in [-0.1, -0.05) is 6.92 Å². The zero-order valence-corrected chi connectivity index (χ0v) is 12.3. The minimum Gasteiger partial charge on any atom is -0.343 e. The van der Waals surface area contributed by atoms with E-state index < -0.39 is 0 Å². The molecule has 5 heteroatoms. The van der Waals surface area contributed by atoms with Gasteiger partial charge >= 0.3 is 0 Å². The van der Waals surface area contributed by atoms with E-state index in [0.29, 0.717) is 24.2 Å². The van der Waals surface area contributed by atoms with Crippen LogP contribution < -0.4 is 0 Å². The van der Waals surface area contributed by atoms with Gasteiger partial charge < -0.3 is 4.90 Å². The lowest BCUT2D eigenvalue weighted by Gasteiger charge is -2.30. The van der Waals surface area contributed by atoms with Crippen LogP contribution in [0.5, 0.6) is 0 Å². The molecule has 0 atom stereocenters. The van der Waals surface area contributed by atoms with Crippen LogP contribution in [0, 0.1) is 0 Å². The molecule has 0 spiro atoms. The summed E-state index contributed by atoms with van der Waals surface area (Å²) in [5.41, 5.74) is 0. The van der Waals surface area contributed by atoms with Crippen LogP contribution in [0.25, 0.3) is 0 Å². The first-order chi connectivity index (χ1) is 9.28. The minimum atomic E-state index is 0.317. The summed E-state index contributed by atoms with van der Waals surface area (Å²) in [6.45, 7) is 3.84. The number of carbonyl (C=O) groups excluding carboxylic acids is 1. The Hall–Kier alpha value is -0.970. The Morgan fingerprint density at radius 3 is 2.26 bits per heavy atom. The van der Waals surface area contributed by atoms with Crippen molar-refractivity contribution in [2.24, 2.45) is 0 Å². The second-order valence-corrected chi connectivity index (χ2v) is 6.70. The summed E-state index contributed by atoms with van der Waals surface area (Å²) in [6.07, 6.45) is 6.32. The minimum absolute atomic E-state index is 0.317. The maximum absolute atomic E-state index is 11.8. The lowest BCUT2D eigenvalue weighted by atomic mass is 9.97. The third kappa shape index (κ3) is 2.96. The Morgan fingerprint density at radius 1 is 1.16 bits per heavy atom. The van der Waals surface area contributed by atoms with E-state index in [2.05, 4.69) is 17.1 Å². The second kappa shape index (κ2) is 5.57. The van der Waals surface area contributed by atoms with E-state index in [-0.39, 0.29) is 0 Å². The van der Waals surface area contributed by atoms with Crippen molar-refractivity contribution in [2.45, 2.75) is 57.3 Å². The smallest absolute Gasteiger partial charge is 0.222 e. The Kier molecular flexibility index (Phi) is 3.82. The highest BCUT2D eigenvalue weighted by Crippen LogP contribution is 2.43. The van der Waals surface area contributed by atoms with Crippen LogP contribution in [0.4, 0.5) is 0 Å². The summed E-state index contributed by atoms with van der Waals surface area (Å²) in [5.74, 6) is 1.55. The first kappa shape index (κ1) is 13.0. The van der Waals surface area contributed by atoms with Crippen molar-refractivity contribution >= 4 is 17.2 Å². The molecule has 1 aromatic rings. The van der Waals surface area contributed by atoms with E-state index >= 15 is 0 Å². The van der Waals surface area contributed by atoms with E-state index in [9.17, 15) is 4.79 Å². The van der Waals surface area contributed by atoms with Crippen LogP contribution >= 0.6 is 11.3 Å². The normalized spacial score (nSPS) is 20.8. The predicted octanol–water partition coefficient (Wildman–Crippen LogP) is 2.92. The molecule has 1 saturated carbocycles. The summed E-state index contributed by atoms with van der Waals surface area (Å²) in [5, 5.41) is 11.1. The number of hydrogen-bond acceptors (Lipinski definition) is 4. The monoisotopic (exact) mass is 279 g/mol. The molecule has 0 N–H and O–H groups in total. The van der Waals surface area contributed by atoms with Crippen molar-refractivity contribution < 1.29 is 4.79 Å².